The molecule has 3 nitrogen and oxygen atoms in total. The third-order valence-corrected chi connectivity index (χ3v) is 2.20. The van der Waals surface area contributed by atoms with Crippen molar-refractivity contribution in [2.45, 2.75) is 0 Å². The van der Waals surface area contributed by atoms with Crippen LogP contribution in [-0.4, -0.2) is 17.4 Å². The van der Waals surface area contributed by atoms with Crippen molar-refractivity contribution in [2.24, 2.45) is 0 Å². The highest BCUT2D eigenvalue weighted by molar-refractivity contribution is 14.1. The Morgan fingerprint density at radius 3 is 2.85 bits per heavy atom. The van der Waals surface area contributed by atoms with E-state index in [2.05, 4.69) is 5.32 Å². The number of benzene rings is 1. The lowest BCUT2D eigenvalue weighted by Crippen LogP contribution is -2.12. The maximum absolute atomic E-state index is 11.1. The highest BCUT2D eigenvalue weighted by Crippen LogP contribution is 2.22. The molecule has 1 aromatic carbocycles. The highest BCUT2D eigenvalue weighted by Gasteiger charge is 2.03. The quantitative estimate of drug-likeness (QED) is 0.684. The van der Waals surface area contributed by atoms with Gasteiger partial charge in [-0.1, -0.05) is 34.7 Å². The number of halogens is 1. The zero-order chi connectivity index (χ0) is 9.68. The second-order valence-electron chi connectivity index (χ2n) is 2.38. The second-order valence-corrected chi connectivity index (χ2v) is 3.14. The van der Waals surface area contributed by atoms with Gasteiger partial charge in [0.1, 0.15) is 5.75 Å². The van der Waals surface area contributed by atoms with Crippen LogP contribution in [0.3, 0.4) is 0 Å². The number of alkyl halides is 1. The molecule has 1 N–H and O–H groups in total. The summed E-state index contributed by atoms with van der Waals surface area (Å²) < 4.78 is 5.51. The SMILES string of the molecule is COc1ccccc1NC(=O)CI. The number of methoxy groups -OCH3 is 1. The number of nitrogens with one attached hydrogen (secondary N) is 1. The fourth-order valence-electron chi connectivity index (χ4n) is 0.932. The molecule has 0 aliphatic carbocycles. The lowest BCUT2D eigenvalue weighted by Gasteiger charge is -2.07. The molecule has 0 bridgehead atoms. The molecule has 1 amide bonds. The van der Waals surface area contributed by atoms with Crippen molar-refractivity contribution in [2.75, 3.05) is 16.9 Å². The van der Waals surface area contributed by atoms with Gasteiger partial charge >= 0.3 is 0 Å². The molecule has 0 saturated heterocycles. The summed E-state index contributed by atoms with van der Waals surface area (Å²) >= 11 is 2.01. The van der Waals surface area contributed by atoms with Gasteiger partial charge in [-0.2, -0.15) is 0 Å². The summed E-state index contributed by atoms with van der Waals surface area (Å²) in [6.45, 7) is 0. The summed E-state index contributed by atoms with van der Waals surface area (Å²) in [4.78, 5) is 11.1. The number of hydrogen-bond donors (Lipinski definition) is 1. The van der Waals surface area contributed by atoms with Gasteiger partial charge in [0.25, 0.3) is 0 Å². The third-order valence-electron chi connectivity index (χ3n) is 1.50. The Kier molecular flexibility index (Phi) is 4.01. The predicted molar refractivity (Wildman–Crippen MR) is 60.5 cm³/mol. The van der Waals surface area contributed by atoms with E-state index in [1.807, 2.05) is 46.9 Å². The van der Waals surface area contributed by atoms with Crippen LogP contribution < -0.4 is 10.1 Å². The zero-order valence-corrected chi connectivity index (χ0v) is 9.37. The number of ether oxygens (including phenoxy) is 1. The number of carbonyl (C=O) groups excluding carboxylic acids is 1. The van der Waals surface area contributed by atoms with E-state index in [4.69, 9.17) is 4.74 Å². The van der Waals surface area contributed by atoms with Gasteiger partial charge in [-0.25, -0.2) is 0 Å². The Morgan fingerprint density at radius 2 is 2.23 bits per heavy atom. The Balaban J connectivity index is 2.81. The van der Waals surface area contributed by atoms with Crippen molar-refractivity contribution in [3.05, 3.63) is 24.3 Å². The highest BCUT2D eigenvalue weighted by atomic mass is 127. The largest absolute Gasteiger partial charge is 0.495 e. The second kappa shape index (κ2) is 5.06. The first-order chi connectivity index (χ1) is 6.27. The van der Waals surface area contributed by atoms with Gasteiger partial charge in [-0.15, -0.1) is 0 Å². The van der Waals surface area contributed by atoms with E-state index >= 15 is 0 Å². The van der Waals surface area contributed by atoms with E-state index in [0.717, 1.165) is 0 Å². The van der Waals surface area contributed by atoms with Crippen LogP contribution in [-0.2, 0) is 4.79 Å². The van der Waals surface area contributed by atoms with E-state index in [9.17, 15) is 4.79 Å². The Morgan fingerprint density at radius 1 is 1.54 bits per heavy atom. The monoisotopic (exact) mass is 291 g/mol. The Bertz CT molecular complexity index is 301. The zero-order valence-electron chi connectivity index (χ0n) is 7.21. The van der Waals surface area contributed by atoms with E-state index in [1.54, 1.807) is 7.11 Å². The molecule has 0 fully saturated rings. The van der Waals surface area contributed by atoms with Crippen LogP contribution in [0.4, 0.5) is 5.69 Å². The van der Waals surface area contributed by atoms with Crippen LogP contribution in [0.25, 0.3) is 0 Å². The maximum Gasteiger partial charge on any atom is 0.234 e. The first kappa shape index (κ1) is 10.3. The molecule has 0 aromatic heterocycles. The van der Waals surface area contributed by atoms with Crippen molar-refractivity contribution < 1.29 is 9.53 Å². The normalized spacial score (nSPS) is 9.38. The van der Waals surface area contributed by atoms with Gasteiger partial charge in [-0.3, -0.25) is 4.79 Å². The van der Waals surface area contributed by atoms with E-state index in [1.165, 1.54) is 0 Å². The maximum atomic E-state index is 11.1. The van der Waals surface area contributed by atoms with Gasteiger partial charge in [0.05, 0.1) is 17.2 Å². The predicted octanol–water partition coefficient (Wildman–Crippen LogP) is 2.07. The van der Waals surface area contributed by atoms with Gasteiger partial charge in [0.15, 0.2) is 0 Å². The molecule has 1 aromatic rings. The van der Waals surface area contributed by atoms with E-state index in [-0.39, 0.29) is 5.91 Å². The first-order valence-corrected chi connectivity index (χ1v) is 5.29. The molecule has 1 rings (SSSR count). The van der Waals surface area contributed by atoms with E-state index in [0.29, 0.717) is 15.9 Å². The summed E-state index contributed by atoms with van der Waals surface area (Å²) in [5.74, 6) is 0.658. The minimum Gasteiger partial charge on any atom is -0.495 e. The van der Waals surface area contributed by atoms with Crippen molar-refractivity contribution >= 4 is 34.2 Å². The number of rotatable bonds is 3. The molecule has 0 unspecified atom stereocenters. The fraction of sp³-hybridized carbons (Fsp3) is 0.222. The van der Waals surface area contributed by atoms with Crippen molar-refractivity contribution in [3.8, 4) is 5.75 Å². The molecular weight excluding hydrogens is 281 g/mol. The number of anilines is 1. The summed E-state index contributed by atoms with van der Waals surface area (Å²) in [5.41, 5.74) is 0.715. The smallest absolute Gasteiger partial charge is 0.234 e. The summed E-state index contributed by atoms with van der Waals surface area (Å²) in [5, 5.41) is 2.74. The van der Waals surface area contributed by atoms with Gasteiger partial charge in [-0.05, 0) is 12.1 Å². The average Bonchev–Trinajstić information content (AvgIpc) is 2.18. The molecule has 4 heteroatoms. The number of amides is 1. The summed E-state index contributed by atoms with van der Waals surface area (Å²) in [6, 6.07) is 7.33. The number of hydrogen-bond acceptors (Lipinski definition) is 2. The number of para-hydroxylation sites is 2. The molecular formula is C9H10INO2. The third kappa shape index (κ3) is 2.87. The molecule has 0 spiro atoms. The average molecular weight is 291 g/mol. The molecule has 0 saturated carbocycles. The fourth-order valence-corrected chi connectivity index (χ4v) is 1.12. The van der Waals surface area contributed by atoms with Crippen molar-refractivity contribution in [1.29, 1.82) is 0 Å². The lowest BCUT2D eigenvalue weighted by molar-refractivity contribution is -0.113. The number of carbonyl (C=O) groups is 1. The summed E-state index contributed by atoms with van der Waals surface area (Å²) in [6.07, 6.45) is 0. The van der Waals surface area contributed by atoms with Crippen molar-refractivity contribution in [1.82, 2.24) is 0 Å². The molecule has 13 heavy (non-hydrogen) atoms. The molecule has 0 aliphatic heterocycles. The Labute approximate surface area is 90.6 Å². The standard InChI is InChI=1S/C9H10INO2/c1-13-8-5-3-2-4-7(8)11-9(12)6-10/h2-5H,6H2,1H3,(H,11,12). The van der Waals surface area contributed by atoms with Crippen LogP contribution in [0.2, 0.25) is 0 Å². The molecule has 0 atom stereocenters. The minimum atomic E-state index is -0.0231. The van der Waals surface area contributed by atoms with Crippen LogP contribution in [0.5, 0.6) is 5.75 Å². The molecule has 0 radical (unpaired) electrons. The minimum absolute atomic E-state index is 0.0231. The van der Waals surface area contributed by atoms with Crippen LogP contribution >= 0.6 is 22.6 Å². The van der Waals surface area contributed by atoms with Crippen LogP contribution in [0, 0.1) is 0 Å². The summed E-state index contributed by atoms with van der Waals surface area (Å²) in [7, 11) is 1.58. The lowest BCUT2D eigenvalue weighted by atomic mass is 10.3. The topological polar surface area (TPSA) is 38.3 Å². The molecule has 0 heterocycles. The molecule has 0 aliphatic rings. The van der Waals surface area contributed by atoms with Crippen LogP contribution in [0.15, 0.2) is 24.3 Å². The van der Waals surface area contributed by atoms with Crippen LogP contribution in [0.1, 0.15) is 0 Å². The molecule has 70 valence electrons. The van der Waals surface area contributed by atoms with Gasteiger partial charge in [0, 0.05) is 0 Å². The van der Waals surface area contributed by atoms with Crippen molar-refractivity contribution in [3.63, 3.8) is 0 Å². The first-order valence-electron chi connectivity index (χ1n) is 3.76. The Hall–Kier alpha value is -0.780. The van der Waals surface area contributed by atoms with Gasteiger partial charge in [0.2, 0.25) is 5.91 Å². The van der Waals surface area contributed by atoms with E-state index < -0.39 is 0 Å². The van der Waals surface area contributed by atoms with Gasteiger partial charge < -0.3 is 10.1 Å².